The Bertz CT molecular complexity index is 1050. The second-order valence-corrected chi connectivity index (χ2v) is 8.98. The lowest BCUT2D eigenvalue weighted by Crippen LogP contribution is -2.43. The Morgan fingerprint density at radius 1 is 1.14 bits per heavy atom. The largest absolute Gasteiger partial charge is 0.506 e. The van der Waals surface area contributed by atoms with Gasteiger partial charge in [0.15, 0.2) is 11.5 Å². The van der Waals surface area contributed by atoms with Gasteiger partial charge in [0.2, 0.25) is 15.9 Å². The Labute approximate surface area is 169 Å². The van der Waals surface area contributed by atoms with Gasteiger partial charge in [0.25, 0.3) is 0 Å². The zero-order chi connectivity index (χ0) is 20.6. The van der Waals surface area contributed by atoms with Gasteiger partial charge in [-0.05, 0) is 49.6 Å². The summed E-state index contributed by atoms with van der Waals surface area (Å²) in [5.74, 6) is 0.350. The molecule has 2 aromatic rings. The van der Waals surface area contributed by atoms with Gasteiger partial charge in [0, 0.05) is 12.6 Å². The highest BCUT2D eigenvalue weighted by atomic mass is 32.2. The number of amides is 1. The highest BCUT2D eigenvalue weighted by Gasteiger charge is 2.40. The topological polar surface area (TPSA) is 105 Å². The number of benzene rings is 2. The smallest absolute Gasteiger partial charge is 0.243 e. The molecule has 1 amide bonds. The van der Waals surface area contributed by atoms with Crippen molar-refractivity contribution in [2.75, 3.05) is 25.1 Å². The first-order valence-electron chi connectivity index (χ1n) is 9.38. The monoisotopic (exact) mass is 418 g/mol. The lowest BCUT2D eigenvalue weighted by molar-refractivity contribution is -0.119. The number of nitrogens with zero attached hydrogens (tertiary/aromatic N) is 1. The summed E-state index contributed by atoms with van der Waals surface area (Å²) in [4.78, 5) is 12.9. The van der Waals surface area contributed by atoms with E-state index in [4.69, 9.17) is 9.47 Å². The molecule has 0 aromatic heterocycles. The van der Waals surface area contributed by atoms with E-state index in [2.05, 4.69) is 5.32 Å². The van der Waals surface area contributed by atoms with Crippen molar-refractivity contribution in [2.24, 2.45) is 0 Å². The van der Waals surface area contributed by atoms with Crippen LogP contribution in [0.1, 0.15) is 18.4 Å². The number of carbonyl (C=O) groups excluding carboxylic acids is 1. The molecule has 2 aliphatic rings. The van der Waals surface area contributed by atoms with E-state index in [0.717, 1.165) is 5.56 Å². The normalized spacial score (nSPS) is 19.1. The predicted molar refractivity (Wildman–Crippen MR) is 106 cm³/mol. The van der Waals surface area contributed by atoms with Crippen LogP contribution in [0.2, 0.25) is 0 Å². The fraction of sp³-hybridized carbons (Fsp3) is 0.350. The molecule has 0 aliphatic carbocycles. The van der Waals surface area contributed by atoms with Gasteiger partial charge in [-0.25, -0.2) is 8.42 Å². The highest BCUT2D eigenvalue weighted by Crippen LogP contribution is 2.35. The number of ether oxygens (including phenoxy) is 2. The van der Waals surface area contributed by atoms with Gasteiger partial charge < -0.3 is 19.9 Å². The zero-order valence-corrected chi connectivity index (χ0v) is 16.7. The Kier molecular flexibility index (Phi) is 5.10. The van der Waals surface area contributed by atoms with Gasteiger partial charge in [-0.1, -0.05) is 6.07 Å². The molecule has 0 radical (unpaired) electrons. The molecule has 1 atom stereocenters. The van der Waals surface area contributed by atoms with Crippen LogP contribution in [0.25, 0.3) is 0 Å². The van der Waals surface area contributed by atoms with Crippen LogP contribution in [0, 0.1) is 6.92 Å². The van der Waals surface area contributed by atoms with Crippen molar-refractivity contribution in [3.8, 4) is 17.2 Å². The fourth-order valence-corrected chi connectivity index (χ4v) is 5.25. The van der Waals surface area contributed by atoms with Crippen LogP contribution >= 0.6 is 0 Å². The molecule has 4 rings (SSSR count). The molecule has 0 saturated carbocycles. The van der Waals surface area contributed by atoms with Gasteiger partial charge in [-0.15, -0.1) is 0 Å². The van der Waals surface area contributed by atoms with Gasteiger partial charge in [0.05, 0.1) is 10.6 Å². The van der Waals surface area contributed by atoms with E-state index in [-0.39, 0.29) is 22.9 Å². The molecule has 2 heterocycles. The third-order valence-electron chi connectivity index (χ3n) is 5.04. The number of phenols is 1. The van der Waals surface area contributed by atoms with Crippen molar-refractivity contribution < 1.29 is 27.8 Å². The van der Waals surface area contributed by atoms with Crippen LogP contribution < -0.4 is 14.8 Å². The predicted octanol–water partition coefficient (Wildman–Crippen LogP) is 2.26. The number of nitrogens with one attached hydrogen (secondary N) is 1. The molecular weight excluding hydrogens is 396 g/mol. The Hall–Kier alpha value is -2.78. The minimum Gasteiger partial charge on any atom is -0.506 e. The highest BCUT2D eigenvalue weighted by molar-refractivity contribution is 7.89. The molecule has 0 bridgehead atoms. The minimum atomic E-state index is -3.90. The summed E-state index contributed by atoms with van der Waals surface area (Å²) in [5.41, 5.74) is 1.10. The van der Waals surface area contributed by atoms with Crippen molar-refractivity contribution in [1.82, 2.24) is 4.31 Å². The number of carbonyl (C=O) groups is 1. The summed E-state index contributed by atoms with van der Waals surface area (Å²) in [7, 11) is -3.90. The minimum absolute atomic E-state index is 0.0552. The van der Waals surface area contributed by atoms with Gasteiger partial charge in [0.1, 0.15) is 25.0 Å². The Morgan fingerprint density at radius 3 is 2.66 bits per heavy atom. The van der Waals surface area contributed by atoms with E-state index >= 15 is 0 Å². The number of hydrogen-bond donors (Lipinski definition) is 2. The molecule has 154 valence electrons. The molecule has 2 aliphatic heterocycles. The number of sulfonamides is 1. The number of rotatable bonds is 4. The summed E-state index contributed by atoms with van der Waals surface area (Å²) >= 11 is 0. The van der Waals surface area contributed by atoms with Crippen LogP contribution in [0.15, 0.2) is 41.3 Å². The van der Waals surface area contributed by atoms with E-state index < -0.39 is 22.0 Å². The third-order valence-corrected chi connectivity index (χ3v) is 6.94. The Morgan fingerprint density at radius 2 is 1.90 bits per heavy atom. The summed E-state index contributed by atoms with van der Waals surface area (Å²) in [6.45, 7) is 2.84. The number of anilines is 1. The first-order chi connectivity index (χ1) is 13.9. The standard InChI is InChI=1S/C20H22N2O6S/c1-13-4-6-15(17(23)11-13)21-20(24)16-3-2-8-22(16)29(25,26)14-5-7-18-19(12-14)28-10-9-27-18/h4-7,11-12,16,23H,2-3,8-10H2,1H3,(H,21,24). The number of hydrogen-bond acceptors (Lipinski definition) is 6. The van der Waals surface area contributed by atoms with Crippen molar-refractivity contribution in [2.45, 2.75) is 30.7 Å². The maximum atomic E-state index is 13.2. The van der Waals surface area contributed by atoms with Crippen LogP contribution in [0.5, 0.6) is 17.2 Å². The van der Waals surface area contributed by atoms with Crippen molar-refractivity contribution in [3.63, 3.8) is 0 Å². The molecular formula is C20H22N2O6S. The molecule has 1 unspecified atom stereocenters. The summed E-state index contributed by atoms with van der Waals surface area (Å²) in [5, 5.41) is 12.7. The molecule has 29 heavy (non-hydrogen) atoms. The molecule has 8 nitrogen and oxygen atoms in total. The molecule has 2 N–H and O–H groups in total. The number of phenolic OH excluding ortho intramolecular Hbond substituents is 1. The maximum absolute atomic E-state index is 13.2. The molecule has 0 spiro atoms. The van der Waals surface area contributed by atoms with Crippen molar-refractivity contribution in [1.29, 1.82) is 0 Å². The molecule has 1 fully saturated rings. The number of aryl methyl sites for hydroxylation is 1. The van der Waals surface area contributed by atoms with E-state index in [9.17, 15) is 18.3 Å². The second-order valence-electron chi connectivity index (χ2n) is 7.09. The van der Waals surface area contributed by atoms with E-state index in [1.54, 1.807) is 18.2 Å². The lowest BCUT2D eigenvalue weighted by Gasteiger charge is -2.25. The van der Waals surface area contributed by atoms with Gasteiger partial charge >= 0.3 is 0 Å². The zero-order valence-electron chi connectivity index (χ0n) is 15.9. The summed E-state index contributed by atoms with van der Waals surface area (Å²) < 4.78 is 38.5. The van der Waals surface area contributed by atoms with Gasteiger partial charge in [-0.2, -0.15) is 4.31 Å². The summed E-state index contributed by atoms with van der Waals surface area (Å²) in [6.07, 6.45) is 0.976. The van der Waals surface area contributed by atoms with E-state index in [1.807, 2.05) is 6.92 Å². The third kappa shape index (κ3) is 3.75. The Balaban J connectivity index is 1.57. The fourth-order valence-electron chi connectivity index (χ4n) is 3.57. The molecule has 2 aromatic carbocycles. The maximum Gasteiger partial charge on any atom is 0.243 e. The SMILES string of the molecule is Cc1ccc(NC(=O)C2CCCN2S(=O)(=O)c2ccc3c(c2)OCCO3)c(O)c1. The van der Waals surface area contributed by atoms with Crippen molar-refractivity contribution >= 4 is 21.6 Å². The van der Waals surface area contributed by atoms with Crippen LogP contribution in [-0.4, -0.2) is 49.5 Å². The quantitative estimate of drug-likeness (QED) is 0.738. The molecule has 1 saturated heterocycles. The second kappa shape index (κ2) is 7.57. The van der Waals surface area contributed by atoms with Crippen LogP contribution in [0.4, 0.5) is 5.69 Å². The van der Waals surface area contributed by atoms with Gasteiger partial charge in [-0.3, -0.25) is 4.79 Å². The number of fused-ring (bicyclic) bond motifs is 1. The first-order valence-corrected chi connectivity index (χ1v) is 10.8. The first kappa shape index (κ1) is 19.5. The number of aromatic hydroxyl groups is 1. The summed E-state index contributed by atoms with van der Waals surface area (Å²) in [6, 6.07) is 8.49. The van der Waals surface area contributed by atoms with Crippen molar-refractivity contribution in [3.05, 3.63) is 42.0 Å². The molecule has 9 heteroatoms. The van der Waals surface area contributed by atoms with Crippen LogP contribution in [0.3, 0.4) is 0 Å². The average molecular weight is 418 g/mol. The van der Waals surface area contributed by atoms with Crippen LogP contribution in [-0.2, 0) is 14.8 Å². The average Bonchev–Trinajstić information content (AvgIpc) is 3.20. The van der Waals surface area contributed by atoms with E-state index in [0.29, 0.717) is 37.6 Å². The van der Waals surface area contributed by atoms with E-state index in [1.165, 1.54) is 22.5 Å². The lowest BCUT2D eigenvalue weighted by atomic mass is 10.2.